The first-order valence-electron chi connectivity index (χ1n) is 5.49. The number of hydrogen-bond acceptors (Lipinski definition) is 5. The SMILES string of the molecule is O=S(=O)(CCn1cc(CO)nn1)c1cccc(Br)c1. The number of aliphatic hydroxyl groups is 1. The highest BCUT2D eigenvalue weighted by atomic mass is 79.9. The smallest absolute Gasteiger partial charge is 0.180 e. The second-order valence-electron chi connectivity index (χ2n) is 3.91. The zero-order chi connectivity index (χ0) is 13.9. The van der Waals surface area contributed by atoms with Crippen LogP contribution in [-0.2, 0) is 23.0 Å². The molecule has 2 aromatic rings. The van der Waals surface area contributed by atoms with Crippen LogP contribution in [0.5, 0.6) is 0 Å². The van der Waals surface area contributed by atoms with Crippen LogP contribution in [0.3, 0.4) is 0 Å². The van der Waals surface area contributed by atoms with Crippen LogP contribution in [0.2, 0.25) is 0 Å². The molecule has 0 spiro atoms. The number of aromatic nitrogens is 3. The number of hydrogen-bond donors (Lipinski definition) is 1. The quantitative estimate of drug-likeness (QED) is 0.873. The first kappa shape index (κ1) is 14.2. The molecular weight excluding hydrogens is 334 g/mol. The van der Waals surface area contributed by atoms with Crippen LogP contribution in [0.1, 0.15) is 5.69 Å². The van der Waals surface area contributed by atoms with Gasteiger partial charge in [-0.1, -0.05) is 27.2 Å². The molecular formula is C11H12BrN3O3S. The standard InChI is InChI=1S/C11H12BrN3O3S/c12-9-2-1-3-11(6-9)19(17,18)5-4-15-7-10(8-16)13-14-15/h1-3,6-7,16H,4-5,8H2. The average molecular weight is 346 g/mol. The van der Waals surface area contributed by atoms with E-state index in [9.17, 15) is 8.42 Å². The third-order valence-corrected chi connectivity index (χ3v) is 4.68. The molecule has 1 heterocycles. The molecule has 0 aliphatic carbocycles. The van der Waals surface area contributed by atoms with Gasteiger partial charge in [0.05, 0.1) is 30.0 Å². The van der Waals surface area contributed by atoms with Crippen LogP contribution >= 0.6 is 15.9 Å². The number of aryl methyl sites for hydroxylation is 1. The second-order valence-corrected chi connectivity index (χ2v) is 6.93. The van der Waals surface area contributed by atoms with Gasteiger partial charge in [0.25, 0.3) is 0 Å². The Hall–Kier alpha value is -1.25. The Labute approximate surface area is 119 Å². The van der Waals surface area contributed by atoms with Crippen LogP contribution in [0, 0.1) is 0 Å². The van der Waals surface area contributed by atoms with Gasteiger partial charge in [-0.2, -0.15) is 0 Å². The molecule has 0 fully saturated rings. The molecule has 8 heteroatoms. The molecule has 0 radical (unpaired) electrons. The first-order valence-corrected chi connectivity index (χ1v) is 7.94. The molecule has 0 saturated heterocycles. The normalized spacial score (nSPS) is 11.7. The van der Waals surface area contributed by atoms with E-state index in [1.165, 1.54) is 10.9 Å². The number of benzene rings is 1. The maximum atomic E-state index is 12.1. The number of halogens is 1. The van der Waals surface area contributed by atoms with Crippen molar-refractivity contribution in [2.24, 2.45) is 0 Å². The lowest BCUT2D eigenvalue weighted by Gasteiger charge is -2.04. The van der Waals surface area contributed by atoms with Crippen molar-refractivity contribution in [1.29, 1.82) is 0 Å². The van der Waals surface area contributed by atoms with Gasteiger partial charge < -0.3 is 5.11 Å². The lowest BCUT2D eigenvalue weighted by Crippen LogP contribution is -2.13. The van der Waals surface area contributed by atoms with Gasteiger partial charge in [-0.3, -0.25) is 4.68 Å². The maximum Gasteiger partial charge on any atom is 0.180 e. The topological polar surface area (TPSA) is 85.1 Å². The van der Waals surface area contributed by atoms with Gasteiger partial charge >= 0.3 is 0 Å². The average Bonchev–Trinajstić information content (AvgIpc) is 2.84. The summed E-state index contributed by atoms with van der Waals surface area (Å²) < 4.78 is 26.3. The molecule has 0 amide bonds. The van der Waals surface area contributed by atoms with E-state index >= 15 is 0 Å². The number of sulfone groups is 1. The van der Waals surface area contributed by atoms with E-state index in [1.807, 2.05) is 0 Å². The minimum atomic E-state index is -3.36. The molecule has 0 aliphatic heterocycles. The molecule has 0 aliphatic rings. The minimum Gasteiger partial charge on any atom is -0.390 e. The van der Waals surface area contributed by atoms with Crippen molar-refractivity contribution in [1.82, 2.24) is 15.0 Å². The Morgan fingerprint density at radius 2 is 2.16 bits per heavy atom. The molecule has 19 heavy (non-hydrogen) atoms. The van der Waals surface area contributed by atoms with Gasteiger partial charge in [0.2, 0.25) is 0 Å². The predicted molar refractivity (Wildman–Crippen MR) is 72.1 cm³/mol. The van der Waals surface area contributed by atoms with E-state index < -0.39 is 9.84 Å². The Morgan fingerprint density at radius 3 is 2.79 bits per heavy atom. The fourth-order valence-electron chi connectivity index (χ4n) is 1.51. The van der Waals surface area contributed by atoms with Crippen LogP contribution in [0.15, 0.2) is 39.8 Å². The Bertz CT molecular complexity index is 669. The van der Waals surface area contributed by atoms with E-state index in [1.54, 1.807) is 24.3 Å². The van der Waals surface area contributed by atoms with Crippen LogP contribution in [0.25, 0.3) is 0 Å². The summed E-state index contributed by atoms with van der Waals surface area (Å²) in [6, 6.07) is 6.57. The van der Waals surface area contributed by atoms with Gasteiger partial charge in [-0.05, 0) is 18.2 Å². The van der Waals surface area contributed by atoms with Gasteiger partial charge in [-0.15, -0.1) is 5.10 Å². The lowest BCUT2D eigenvalue weighted by molar-refractivity contribution is 0.276. The molecule has 0 saturated carbocycles. The molecule has 1 N–H and O–H groups in total. The first-order chi connectivity index (χ1) is 9.01. The highest BCUT2D eigenvalue weighted by Crippen LogP contribution is 2.17. The molecule has 6 nitrogen and oxygen atoms in total. The summed E-state index contributed by atoms with van der Waals surface area (Å²) in [5.41, 5.74) is 0.417. The van der Waals surface area contributed by atoms with Gasteiger partial charge in [0.1, 0.15) is 5.69 Å². The predicted octanol–water partition coefficient (Wildman–Crippen LogP) is 1.01. The summed E-state index contributed by atoms with van der Waals surface area (Å²) in [4.78, 5) is 0.268. The lowest BCUT2D eigenvalue weighted by atomic mass is 10.4. The monoisotopic (exact) mass is 345 g/mol. The summed E-state index contributed by atoms with van der Waals surface area (Å²) >= 11 is 3.24. The van der Waals surface area contributed by atoms with Crippen molar-refractivity contribution in [3.63, 3.8) is 0 Å². The van der Waals surface area contributed by atoms with Crippen molar-refractivity contribution >= 4 is 25.8 Å². The second kappa shape index (κ2) is 5.81. The van der Waals surface area contributed by atoms with Gasteiger partial charge in [-0.25, -0.2) is 8.42 Å². The Kier molecular flexibility index (Phi) is 4.33. The molecule has 2 rings (SSSR count). The molecule has 0 unspecified atom stereocenters. The van der Waals surface area contributed by atoms with Gasteiger partial charge in [0.15, 0.2) is 9.84 Å². The number of aliphatic hydroxyl groups excluding tert-OH is 1. The highest BCUT2D eigenvalue weighted by molar-refractivity contribution is 9.10. The van der Waals surface area contributed by atoms with E-state index in [2.05, 4.69) is 26.2 Å². The summed E-state index contributed by atoms with van der Waals surface area (Å²) in [6.07, 6.45) is 1.52. The highest BCUT2D eigenvalue weighted by Gasteiger charge is 2.15. The van der Waals surface area contributed by atoms with E-state index in [0.29, 0.717) is 5.69 Å². The number of rotatable bonds is 5. The van der Waals surface area contributed by atoms with E-state index in [0.717, 1.165) is 4.47 Å². The summed E-state index contributed by atoms with van der Waals surface area (Å²) in [5.74, 6) is -0.0717. The zero-order valence-electron chi connectivity index (χ0n) is 9.90. The Balaban J connectivity index is 2.09. The van der Waals surface area contributed by atoms with Crippen LogP contribution in [0.4, 0.5) is 0 Å². The number of nitrogens with zero attached hydrogens (tertiary/aromatic N) is 3. The molecule has 0 bridgehead atoms. The summed E-state index contributed by atoms with van der Waals surface area (Å²) in [7, 11) is -3.36. The molecule has 1 aromatic carbocycles. The van der Waals surface area contributed by atoms with Crippen LogP contribution in [-0.4, -0.2) is 34.3 Å². The van der Waals surface area contributed by atoms with Gasteiger partial charge in [0, 0.05) is 4.47 Å². The third-order valence-electron chi connectivity index (χ3n) is 2.49. The molecule has 0 atom stereocenters. The largest absolute Gasteiger partial charge is 0.390 e. The fraction of sp³-hybridized carbons (Fsp3) is 0.273. The maximum absolute atomic E-state index is 12.1. The summed E-state index contributed by atoms with van der Waals surface area (Å²) in [6.45, 7) is -0.0137. The molecule has 1 aromatic heterocycles. The van der Waals surface area contributed by atoms with Crippen molar-refractivity contribution < 1.29 is 13.5 Å². The zero-order valence-corrected chi connectivity index (χ0v) is 12.3. The van der Waals surface area contributed by atoms with Crippen molar-refractivity contribution in [3.8, 4) is 0 Å². The van der Waals surface area contributed by atoms with E-state index in [4.69, 9.17) is 5.11 Å². The Morgan fingerprint density at radius 1 is 1.37 bits per heavy atom. The van der Waals surface area contributed by atoms with Crippen molar-refractivity contribution in [2.75, 3.05) is 5.75 Å². The van der Waals surface area contributed by atoms with Crippen molar-refractivity contribution in [3.05, 3.63) is 40.6 Å². The third kappa shape index (κ3) is 3.62. The molecule has 102 valence electrons. The van der Waals surface area contributed by atoms with Crippen LogP contribution < -0.4 is 0 Å². The fourth-order valence-corrected chi connectivity index (χ4v) is 3.32. The van der Waals surface area contributed by atoms with Crippen molar-refractivity contribution in [2.45, 2.75) is 18.0 Å². The summed E-state index contributed by atoms with van der Waals surface area (Å²) in [5, 5.41) is 16.3. The minimum absolute atomic E-state index is 0.0717. The van der Waals surface area contributed by atoms with E-state index in [-0.39, 0.29) is 23.8 Å².